The Morgan fingerprint density at radius 3 is 2.81 bits per heavy atom. The molecule has 1 saturated heterocycles. The third-order valence-corrected chi connectivity index (χ3v) is 7.12. The molecule has 1 aromatic rings. The van der Waals surface area contributed by atoms with Gasteiger partial charge in [0, 0.05) is 35.1 Å². The Kier molecular flexibility index (Phi) is 7.50. The predicted octanol–water partition coefficient (Wildman–Crippen LogP) is 2.50. The molecule has 1 aromatic carbocycles. The molecule has 0 saturated carbocycles. The van der Waals surface area contributed by atoms with Crippen molar-refractivity contribution in [2.75, 3.05) is 26.7 Å². The van der Waals surface area contributed by atoms with Gasteiger partial charge in [-0.2, -0.15) is 5.26 Å². The van der Waals surface area contributed by atoms with Crippen LogP contribution in [0.3, 0.4) is 0 Å². The zero-order valence-electron chi connectivity index (χ0n) is 14.9. The first kappa shape index (κ1) is 21.9. The van der Waals surface area contributed by atoms with Crippen molar-refractivity contribution < 1.29 is 17.9 Å². The smallest absolute Gasteiger partial charge is 0.409 e. The van der Waals surface area contributed by atoms with Gasteiger partial charge in [0.25, 0.3) is 0 Å². The zero-order chi connectivity index (χ0) is 20.2. The number of ether oxygens (including phenoxy) is 1. The van der Waals surface area contributed by atoms with Gasteiger partial charge in [-0.05, 0) is 47.5 Å². The van der Waals surface area contributed by atoms with Crippen LogP contribution in [0.2, 0.25) is 0 Å². The standard InChI is InChI=1S/C16H20Br2N4O4S/c1-3-26-16(23)21(2)9-13-7-12(8-22(13)10-19)20-27(24,25)15-6-11(17)4-5-14(15)18/h4-6,12-13,20H,3,7-9H2,1-2H3/t12-,13-/m1/s1. The second-order valence-electron chi connectivity index (χ2n) is 6.11. The monoisotopic (exact) mass is 522 g/mol. The van der Waals surface area contributed by atoms with Gasteiger partial charge in [0.2, 0.25) is 10.0 Å². The van der Waals surface area contributed by atoms with Crippen LogP contribution in [0.4, 0.5) is 4.79 Å². The molecule has 2 rings (SSSR count). The predicted molar refractivity (Wildman–Crippen MR) is 106 cm³/mol. The molecule has 1 heterocycles. The topological polar surface area (TPSA) is 103 Å². The number of likely N-dealkylation sites (N-methyl/N-ethyl adjacent to an activating group) is 1. The maximum Gasteiger partial charge on any atom is 0.409 e. The molecule has 0 unspecified atom stereocenters. The van der Waals surface area contributed by atoms with Crippen molar-refractivity contribution in [1.82, 2.24) is 14.5 Å². The van der Waals surface area contributed by atoms with Gasteiger partial charge in [-0.15, -0.1) is 0 Å². The maximum absolute atomic E-state index is 12.7. The van der Waals surface area contributed by atoms with E-state index in [9.17, 15) is 18.5 Å². The molecule has 8 nitrogen and oxygen atoms in total. The van der Waals surface area contributed by atoms with E-state index in [0.29, 0.717) is 15.4 Å². The highest BCUT2D eigenvalue weighted by Crippen LogP contribution is 2.27. The second-order valence-corrected chi connectivity index (χ2v) is 9.57. The summed E-state index contributed by atoms with van der Waals surface area (Å²) in [6.07, 6.45) is 2.00. The molecule has 0 bridgehead atoms. The number of carbonyl (C=O) groups is 1. The molecule has 0 aliphatic carbocycles. The fourth-order valence-electron chi connectivity index (χ4n) is 2.89. The van der Waals surface area contributed by atoms with Crippen LogP contribution in [-0.2, 0) is 14.8 Å². The molecule has 1 fully saturated rings. The minimum Gasteiger partial charge on any atom is -0.450 e. The fraction of sp³-hybridized carbons (Fsp3) is 0.500. The van der Waals surface area contributed by atoms with Crippen LogP contribution in [0.5, 0.6) is 0 Å². The van der Waals surface area contributed by atoms with E-state index in [4.69, 9.17) is 4.74 Å². The number of hydrogen-bond donors (Lipinski definition) is 1. The summed E-state index contributed by atoms with van der Waals surface area (Å²) >= 11 is 6.53. The molecule has 1 amide bonds. The van der Waals surface area contributed by atoms with E-state index in [1.807, 2.05) is 0 Å². The van der Waals surface area contributed by atoms with Gasteiger partial charge in [-0.3, -0.25) is 0 Å². The van der Waals surface area contributed by atoms with E-state index < -0.39 is 22.2 Å². The molecule has 27 heavy (non-hydrogen) atoms. The van der Waals surface area contributed by atoms with E-state index in [-0.39, 0.29) is 30.6 Å². The highest BCUT2D eigenvalue weighted by atomic mass is 79.9. The van der Waals surface area contributed by atoms with Gasteiger partial charge >= 0.3 is 6.09 Å². The first-order valence-electron chi connectivity index (χ1n) is 8.19. The van der Waals surface area contributed by atoms with Gasteiger partial charge in [-0.25, -0.2) is 17.9 Å². The number of nitrogens with one attached hydrogen (secondary N) is 1. The van der Waals surface area contributed by atoms with Gasteiger partial charge < -0.3 is 14.5 Å². The summed E-state index contributed by atoms with van der Waals surface area (Å²) in [7, 11) is -2.19. The first-order valence-corrected chi connectivity index (χ1v) is 11.3. The summed E-state index contributed by atoms with van der Waals surface area (Å²) < 4.78 is 34.1. The van der Waals surface area contributed by atoms with Gasteiger partial charge in [-0.1, -0.05) is 15.9 Å². The van der Waals surface area contributed by atoms with Crippen LogP contribution in [-0.4, -0.2) is 63.1 Å². The molecule has 0 aromatic heterocycles. The summed E-state index contributed by atoms with van der Waals surface area (Å²) in [4.78, 5) is 14.8. The average Bonchev–Trinajstić information content (AvgIpc) is 2.97. The molecule has 1 aliphatic rings. The van der Waals surface area contributed by atoms with Crippen LogP contribution < -0.4 is 4.72 Å². The maximum atomic E-state index is 12.7. The van der Waals surface area contributed by atoms with E-state index >= 15 is 0 Å². The molecule has 11 heteroatoms. The molecule has 0 radical (unpaired) electrons. The van der Waals surface area contributed by atoms with Crippen molar-refractivity contribution in [3.05, 3.63) is 27.1 Å². The lowest BCUT2D eigenvalue weighted by Gasteiger charge is -2.24. The van der Waals surface area contributed by atoms with Crippen LogP contribution in [0.25, 0.3) is 0 Å². The largest absolute Gasteiger partial charge is 0.450 e. The molecule has 1 N–H and O–H groups in total. The molecule has 1 aliphatic heterocycles. The summed E-state index contributed by atoms with van der Waals surface area (Å²) in [5.41, 5.74) is 0. The van der Waals surface area contributed by atoms with Gasteiger partial charge in [0.1, 0.15) is 0 Å². The Bertz CT molecular complexity index is 843. The van der Waals surface area contributed by atoms with E-state index in [1.165, 1.54) is 15.9 Å². The lowest BCUT2D eigenvalue weighted by molar-refractivity contribution is 0.109. The number of nitriles is 1. The van der Waals surface area contributed by atoms with Gasteiger partial charge in [0.15, 0.2) is 6.19 Å². The SMILES string of the molecule is CCOC(=O)N(C)C[C@H]1C[C@@H](NS(=O)(=O)c2cc(Br)ccc2Br)CN1C#N. The number of halogens is 2. The van der Waals surface area contributed by atoms with Crippen LogP contribution in [0, 0.1) is 11.5 Å². The summed E-state index contributed by atoms with van der Waals surface area (Å²) in [6, 6.07) is 4.16. The van der Waals surface area contributed by atoms with Crippen molar-refractivity contribution in [3.8, 4) is 6.19 Å². The van der Waals surface area contributed by atoms with Crippen molar-refractivity contribution in [3.63, 3.8) is 0 Å². The number of sulfonamides is 1. The number of benzene rings is 1. The van der Waals surface area contributed by atoms with Gasteiger partial charge in [0.05, 0.1) is 17.5 Å². The Balaban J connectivity index is 2.09. The Hall–Kier alpha value is -1.35. The summed E-state index contributed by atoms with van der Waals surface area (Å²) in [5, 5.41) is 9.36. The summed E-state index contributed by atoms with van der Waals surface area (Å²) in [6.45, 7) is 2.49. The number of hydrogen-bond acceptors (Lipinski definition) is 6. The third kappa shape index (κ3) is 5.57. The quantitative estimate of drug-likeness (QED) is 0.574. The van der Waals surface area contributed by atoms with E-state index in [0.717, 1.165) is 0 Å². The van der Waals surface area contributed by atoms with E-state index in [2.05, 4.69) is 42.8 Å². The second kappa shape index (κ2) is 9.23. The number of likely N-dealkylation sites (tertiary alicyclic amines) is 1. The van der Waals surface area contributed by atoms with Crippen molar-refractivity contribution in [1.29, 1.82) is 5.26 Å². The first-order chi connectivity index (χ1) is 12.7. The Morgan fingerprint density at radius 1 is 1.48 bits per heavy atom. The Morgan fingerprint density at radius 2 is 2.19 bits per heavy atom. The highest BCUT2D eigenvalue weighted by Gasteiger charge is 2.36. The van der Waals surface area contributed by atoms with Crippen LogP contribution >= 0.6 is 31.9 Å². The third-order valence-electron chi connectivity index (χ3n) is 4.11. The van der Waals surface area contributed by atoms with Crippen molar-refractivity contribution in [2.24, 2.45) is 0 Å². The molecule has 0 spiro atoms. The zero-order valence-corrected chi connectivity index (χ0v) is 18.8. The normalized spacial score (nSPS) is 19.6. The number of nitrogens with zero attached hydrogens (tertiary/aromatic N) is 3. The minimum absolute atomic E-state index is 0.118. The number of rotatable bonds is 6. The molecule has 2 atom stereocenters. The average molecular weight is 524 g/mol. The van der Waals surface area contributed by atoms with Crippen LogP contribution in [0.1, 0.15) is 13.3 Å². The van der Waals surface area contributed by atoms with Crippen molar-refractivity contribution >= 4 is 48.0 Å². The number of carbonyl (C=O) groups excluding carboxylic acids is 1. The molecular formula is C16H20Br2N4O4S. The number of amides is 1. The summed E-state index contributed by atoms with van der Waals surface area (Å²) in [5.74, 6) is 0. The van der Waals surface area contributed by atoms with Crippen LogP contribution in [0.15, 0.2) is 32.0 Å². The lowest BCUT2D eigenvalue weighted by atomic mass is 10.2. The lowest BCUT2D eigenvalue weighted by Crippen LogP contribution is -2.39. The van der Waals surface area contributed by atoms with E-state index in [1.54, 1.807) is 26.1 Å². The van der Waals surface area contributed by atoms with Crippen molar-refractivity contribution in [2.45, 2.75) is 30.3 Å². The molecular weight excluding hydrogens is 504 g/mol. The fourth-order valence-corrected chi connectivity index (χ4v) is 5.63. The highest BCUT2D eigenvalue weighted by molar-refractivity contribution is 9.11. The Labute approximate surface area is 175 Å². The minimum atomic E-state index is -3.77. The molecule has 148 valence electrons.